The summed E-state index contributed by atoms with van der Waals surface area (Å²) in [5.41, 5.74) is 6.40. The monoisotopic (exact) mass is 300 g/mol. The highest BCUT2D eigenvalue weighted by molar-refractivity contribution is 7.89. The van der Waals surface area contributed by atoms with Crippen LogP contribution >= 0.6 is 0 Å². The first kappa shape index (κ1) is 15.3. The summed E-state index contributed by atoms with van der Waals surface area (Å²) in [5, 5.41) is 4.02. The first-order valence-electron chi connectivity index (χ1n) is 6.97. The van der Waals surface area contributed by atoms with Crippen LogP contribution in [-0.4, -0.2) is 35.1 Å². The number of nitrogen functional groups attached to an aromatic ring is 1. The van der Waals surface area contributed by atoms with Crippen LogP contribution in [0.5, 0.6) is 0 Å². The molecule has 20 heavy (non-hydrogen) atoms. The van der Waals surface area contributed by atoms with Crippen molar-refractivity contribution in [2.24, 2.45) is 18.9 Å². The molecule has 1 aliphatic heterocycles. The van der Waals surface area contributed by atoms with Gasteiger partial charge in [0.05, 0.1) is 5.69 Å². The van der Waals surface area contributed by atoms with E-state index in [4.69, 9.17) is 5.73 Å². The van der Waals surface area contributed by atoms with E-state index in [1.165, 1.54) is 4.68 Å². The minimum Gasteiger partial charge on any atom is -0.381 e. The summed E-state index contributed by atoms with van der Waals surface area (Å²) < 4.78 is 29.0. The van der Waals surface area contributed by atoms with Gasteiger partial charge in [-0.15, -0.1) is 0 Å². The molecule has 3 atom stereocenters. The number of hydrogen-bond acceptors (Lipinski definition) is 4. The Kier molecular flexibility index (Phi) is 3.85. The predicted octanol–water partition coefficient (Wildman–Crippen LogP) is 1.37. The number of hydrogen-bond donors (Lipinski definition) is 1. The van der Waals surface area contributed by atoms with Gasteiger partial charge in [-0.05, 0) is 32.1 Å². The van der Waals surface area contributed by atoms with Gasteiger partial charge in [-0.3, -0.25) is 4.68 Å². The molecule has 1 fully saturated rings. The third-order valence-corrected chi connectivity index (χ3v) is 6.53. The molecule has 0 spiro atoms. The molecule has 114 valence electrons. The van der Waals surface area contributed by atoms with E-state index in [9.17, 15) is 8.42 Å². The van der Waals surface area contributed by atoms with Crippen molar-refractivity contribution in [1.82, 2.24) is 14.1 Å². The molecule has 0 aliphatic carbocycles. The zero-order valence-corrected chi connectivity index (χ0v) is 13.6. The average molecular weight is 300 g/mol. The van der Waals surface area contributed by atoms with E-state index in [2.05, 4.69) is 18.9 Å². The molecule has 3 unspecified atom stereocenters. The first-order chi connectivity index (χ1) is 9.16. The molecule has 0 bridgehead atoms. The molecule has 0 amide bonds. The fourth-order valence-corrected chi connectivity index (χ4v) is 5.17. The molecule has 6 nitrogen and oxygen atoms in total. The highest BCUT2D eigenvalue weighted by Crippen LogP contribution is 2.34. The zero-order chi connectivity index (χ0) is 15.2. The van der Waals surface area contributed by atoms with Crippen LogP contribution in [0, 0.1) is 18.8 Å². The fraction of sp³-hybridized carbons (Fsp3) is 0.769. The van der Waals surface area contributed by atoms with Crippen LogP contribution in [0.2, 0.25) is 0 Å². The summed E-state index contributed by atoms with van der Waals surface area (Å²) in [4.78, 5) is 0.160. The summed E-state index contributed by atoms with van der Waals surface area (Å²) in [5.74, 6) is 0.781. The molecule has 1 aromatic rings. The van der Waals surface area contributed by atoms with Gasteiger partial charge < -0.3 is 5.73 Å². The van der Waals surface area contributed by atoms with Crippen LogP contribution in [0.15, 0.2) is 4.90 Å². The van der Waals surface area contributed by atoms with Gasteiger partial charge >= 0.3 is 0 Å². The van der Waals surface area contributed by atoms with Crippen molar-refractivity contribution in [3.8, 4) is 0 Å². The number of nitrogens with two attached hydrogens (primary N) is 1. The minimum atomic E-state index is -3.59. The van der Waals surface area contributed by atoms with Crippen LogP contribution in [0.4, 0.5) is 5.82 Å². The molecular weight excluding hydrogens is 276 g/mol. The Morgan fingerprint density at radius 2 is 1.90 bits per heavy atom. The molecule has 0 saturated carbocycles. The largest absolute Gasteiger partial charge is 0.381 e. The number of rotatable bonds is 2. The SMILES string of the molecule is Cc1c(S(=O)(=O)N2CC(C)CC(C)C2C)c(N)nn1C. The maximum Gasteiger partial charge on any atom is 0.248 e. The van der Waals surface area contributed by atoms with E-state index in [1.54, 1.807) is 18.3 Å². The predicted molar refractivity (Wildman–Crippen MR) is 78.7 cm³/mol. The third-order valence-electron chi connectivity index (χ3n) is 4.41. The molecule has 2 N–H and O–H groups in total. The van der Waals surface area contributed by atoms with Gasteiger partial charge in [0.25, 0.3) is 0 Å². The van der Waals surface area contributed by atoms with Crippen molar-refractivity contribution in [2.75, 3.05) is 12.3 Å². The lowest BCUT2D eigenvalue weighted by atomic mass is 9.88. The number of sulfonamides is 1. The molecule has 0 radical (unpaired) electrons. The minimum absolute atomic E-state index is 0.0183. The van der Waals surface area contributed by atoms with E-state index in [0.717, 1.165) is 6.42 Å². The second-order valence-electron chi connectivity index (χ2n) is 6.06. The Bertz CT molecular complexity index is 608. The van der Waals surface area contributed by atoms with Crippen molar-refractivity contribution < 1.29 is 8.42 Å². The molecule has 2 heterocycles. The summed E-state index contributed by atoms with van der Waals surface area (Å²) >= 11 is 0. The van der Waals surface area contributed by atoms with E-state index >= 15 is 0 Å². The van der Waals surface area contributed by atoms with Crippen LogP contribution in [0.1, 0.15) is 32.9 Å². The average Bonchev–Trinajstić information content (AvgIpc) is 2.58. The van der Waals surface area contributed by atoms with E-state index < -0.39 is 10.0 Å². The van der Waals surface area contributed by atoms with Crippen molar-refractivity contribution in [3.63, 3.8) is 0 Å². The standard InChI is InChI=1S/C13H24N4O2S/c1-8-6-9(2)10(3)17(7-8)20(18,19)12-11(4)16(5)15-13(12)14/h8-10H,6-7H2,1-5H3,(H2,14,15). The van der Waals surface area contributed by atoms with Crippen molar-refractivity contribution in [1.29, 1.82) is 0 Å². The Morgan fingerprint density at radius 3 is 2.40 bits per heavy atom. The molecule has 2 rings (SSSR count). The number of nitrogens with zero attached hydrogens (tertiary/aromatic N) is 3. The lowest BCUT2D eigenvalue weighted by molar-refractivity contribution is 0.157. The third kappa shape index (κ3) is 2.33. The van der Waals surface area contributed by atoms with Crippen LogP contribution in [0.3, 0.4) is 0 Å². The fourth-order valence-electron chi connectivity index (χ4n) is 3.03. The van der Waals surface area contributed by atoms with E-state index in [0.29, 0.717) is 24.1 Å². The maximum atomic E-state index is 12.9. The molecule has 1 saturated heterocycles. The second kappa shape index (κ2) is 5.04. The lowest BCUT2D eigenvalue weighted by Crippen LogP contribution is -2.48. The van der Waals surface area contributed by atoms with E-state index in [1.807, 2.05) is 6.92 Å². The summed E-state index contributed by atoms with van der Waals surface area (Å²) in [6, 6.07) is -0.0183. The molecule has 1 aliphatic rings. The Balaban J connectivity index is 2.49. The van der Waals surface area contributed by atoms with Gasteiger partial charge in [-0.25, -0.2) is 8.42 Å². The lowest BCUT2D eigenvalue weighted by Gasteiger charge is -2.39. The topological polar surface area (TPSA) is 81.2 Å². The van der Waals surface area contributed by atoms with Crippen LogP contribution in [0.25, 0.3) is 0 Å². The van der Waals surface area contributed by atoms with Gasteiger partial charge in [-0.2, -0.15) is 9.40 Å². The molecule has 7 heteroatoms. The molecular formula is C13H24N4O2S. The summed E-state index contributed by atoms with van der Waals surface area (Å²) in [6.07, 6.45) is 1.05. The quantitative estimate of drug-likeness (QED) is 0.894. The van der Waals surface area contributed by atoms with Gasteiger partial charge in [0.2, 0.25) is 10.0 Å². The highest BCUT2D eigenvalue weighted by Gasteiger charge is 2.39. The van der Waals surface area contributed by atoms with Crippen LogP contribution < -0.4 is 5.73 Å². The van der Waals surface area contributed by atoms with Crippen molar-refractivity contribution in [3.05, 3.63) is 5.69 Å². The second-order valence-corrected chi connectivity index (χ2v) is 7.88. The highest BCUT2D eigenvalue weighted by atomic mass is 32.2. The van der Waals surface area contributed by atoms with Crippen LogP contribution in [-0.2, 0) is 17.1 Å². The molecule has 1 aromatic heterocycles. The Morgan fingerprint density at radius 1 is 1.30 bits per heavy atom. The van der Waals surface area contributed by atoms with Gasteiger partial charge in [0.15, 0.2) is 5.82 Å². The number of anilines is 1. The molecule has 0 aromatic carbocycles. The normalized spacial score (nSPS) is 28.8. The number of piperidine rings is 1. The van der Waals surface area contributed by atoms with Crippen molar-refractivity contribution >= 4 is 15.8 Å². The maximum absolute atomic E-state index is 12.9. The van der Waals surface area contributed by atoms with Crippen molar-refractivity contribution in [2.45, 2.75) is 45.1 Å². The summed E-state index contributed by atoms with van der Waals surface area (Å²) in [7, 11) is -1.89. The first-order valence-corrected chi connectivity index (χ1v) is 8.41. The number of aromatic nitrogens is 2. The van der Waals surface area contributed by atoms with E-state index in [-0.39, 0.29) is 16.8 Å². The smallest absolute Gasteiger partial charge is 0.248 e. The van der Waals surface area contributed by atoms with Gasteiger partial charge in [-0.1, -0.05) is 13.8 Å². The number of aryl methyl sites for hydroxylation is 1. The zero-order valence-electron chi connectivity index (χ0n) is 12.8. The summed E-state index contributed by atoms with van der Waals surface area (Å²) in [6.45, 7) is 8.43. The Hall–Kier alpha value is -1.08. The van der Waals surface area contributed by atoms with Gasteiger partial charge in [0, 0.05) is 19.6 Å². The van der Waals surface area contributed by atoms with Gasteiger partial charge in [0.1, 0.15) is 4.90 Å². The Labute approximate surface area is 121 Å².